The van der Waals surface area contributed by atoms with Crippen LogP contribution >= 0.6 is 0 Å². The standard InChI is InChI=1S/C17H19N3O4/c1-4-9(5-2)19-12-13(16(23)15(12)22)20-11-8-6-7-10(14(11)21)17(24)18-3/h4,6-9,19-21H,1,5H2,2-3H3,(H,18,24). The highest BCUT2D eigenvalue weighted by Gasteiger charge is 2.24. The molecule has 0 radical (unpaired) electrons. The lowest BCUT2D eigenvalue weighted by Gasteiger charge is -2.19. The molecule has 0 aliphatic heterocycles. The predicted octanol–water partition coefficient (Wildman–Crippen LogP) is 1.47. The molecule has 0 bridgehead atoms. The summed E-state index contributed by atoms with van der Waals surface area (Å²) in [5.74, 6) is -0.760. The number of amides is 1. The molecule has 2 rings (SSSR count). The fourth-order valence-electron chi connectivity index (χ4n) is 2.26. The van der Waals surface area contributed by atoms with Crippen LogP contribution in [0.15, 0.2) is 40.4 Å². The van der Waals surface area contributed by atoms with Crippen LogP contribution in [-0.2, 0) is 0 Å². The predicted molar refractivity (Wildman–Crippen MR) is 94.0 cm³/mol. The van der Waals surface area contributed by atoms with Crippen LogP contribution in [0.5, 0.6) is 5.75 Å². The number of hydrogen-bond acceptors (Lipinski definition) is 6. The number of phenolic OH excluding ortho intramolecular Hbond substituents is 1. The van der Waals surface area contributed by atoms with Gasteiger partial charge >= 0.3 is 0 Å². The normalized spacial score (nSPS) is 11.8. The zero-order valence-electron chi connectivity index (χ0n) is 13.5. The van der Waals surface area contributed by atoms with Crippen molar-refractivity contribution in [2.24, 2.45) is 0 Å². The van der Waals surface area contributed by atoms with Gasteiger partial charge in [0.25, 0.3) is 16.8 Å². The number of carbonyl (C=O) groups excluding carboxylic acids is 1. The van der Waals surface area contributed by atoms with E-state index in [1.807, 2.05) is 6.92 Å². The summed E-state index contributed by atoms with van der Waals surface area (Å²) in [6, 6.07) is 4.36. The Labute approximate surface area is 138 Å². The third kappa shape index (κ3) is 3.01. The Morgan fingerprint density at radius 3 is 2.54 bits per heavy atom. The molecular weight excluding hydrogens is 310 g/mol. The number of benzene rings is 1. The van der Waals surface area contributed by atoms with Gasteiger partial charge in [0.1, 0.15) is 11.4 Å². The molecule has 0 aliphatic carbocycles. The molecule has 24 heavy (non-hydrogen) atoms. The first kappa shape index (κ1) is 17.3. The van der Waals surface area contributed by atoms with E-state index in [4.69, 9.17) is 0 Å². The first-order valence-electron chi connectivity index (χ1n) is 7.48. The molecule has 0 heterocycles. The summed E-state index contributed by atoms with van der Waals surface area (Å²) < 4.78 is 0. The quantitative estimate of drug-likeness (QED) is 0.348. The molecule has 1 atom stereocenters. The minimum absolute atomic E-state index is 0.0599. The molecular formula is C17H19N3O4. The van der Waals surface area contributed by atoms with E-state index < -0.39 is 16.8 Å². The van der Waals surface area contributed by atoms with E-state index in [0.717, 1.165) is 0 Å². The molecule has 1 unspecified atom stereocenters. The van der Waals surface area contributed by atoms with Crippen molar-refractivity contribution < 1.29 is 9.90 Å². The van der Waals surface area contributed by atoms with Crippen LogP contribution in [0.2, 0.25) is 0 Å². The fourth-order valence-corrected chi connectivity index (χ4v) is 2.26. The Balaban J connectivity index is 2.35. The largest absolute Gasteiger partial charge is 0.505 e. The number of hydrogen-bond donors (Lipinski definition) is 4. The third-order valence-electron chi connectivity index (χ3n) is 3.73. The van der Waals surface area contributed by atoms with Crippen molar-refractivity contribution in [3.63, 3.8) is 0 Å². The summed E-state index contributed by atoms with van der Waals surface area (Å²) >= 11 is 0. The first-order valence-corrected chi connectivity index (χ1v) is 7.48. The van der Waals surface area contributed by atoms with E-state index in [2.05, 4.69) is 22.5 Å². The topological polar surface area (TPSA) is 108 Å². The van der Waals surface area contributed by atoms with Gasteiger partial charge in [-0.3, -0.25) is 14.4 Å². The minimum Gasteiger partial charge on any atom is -0.505 e. The molecule has 0 aromatic heterocycles. The third-order valence-corrected chi connectivity index (χ3v) is 3.73. The summed E-state index contributed by atoms with van der Waals surface area (Å²) in [6.07, 6.45) is 2.34. The molecule has 7 nitrogen and oxygen atoms in total. The number of carbonyl (C=O) groups is 1. The van der Waals surface area contributed by atoms with Gasteiger partial charge in [0, 0.05) is 13.1 Å². The number of phenols is 1. The van der Waals surface area contributed by atoms with Gasteiger partial charge in [-0.05, 0) is 18.6 Å². The van der Waals surface area contributed by atoms with Crippen molar-refractivity contribution in [2.75, 3.05) is 17.7 Å². The van der Waals surface area contributed by atoms with E-state index in [0.29, 0.717) is 6.42 Å². The van der Waals surface area contributed by atoms with Crippen molar-refractivity contribution in [1.82, 2.24) is 5.32 Å². The van der Waals surface area contributed by atoms with Crippen LogP contribution in [0.25, 0.3) is 0 Å². The van der Waals surface area contributed by atoms with Crippen LogP contribution < -0.4 is 26.8 Å². The maximum Gasteiger partial charge on any atom is 0.254 e. The van der Waals surface area contributed by atoms with Crippen molar-refractivity contribution in [2.45, 2.75) is 19.4 Å². The minimum atomic E-state index is -0.679. The fraction of sp³-hybridized carbons (Fsp3) is 0.235. The van der Waals surface area contributed by atoms with Gasteiger partial charge in [0.05, 0.1) is 11.3 Å². The van der Waals surface area contributed by atoms with Crippen LogP contribution in [0.3, 0.4) is 0 Å². The lowest BCUT2D eigenvalue weighted by Crippen LogP contribution is -2.38. The highest BCUT2D eigenvalue weighted by Crippen LogP contribution is 2.31. The van der Waals surface area contributed by atoms with Crippen molar-refractivity contribution in [1.29, 1.82) is 0 Å². The average molecular weight is 329 g/mol. The molecule has 2 aromatic carbocycles. The highest BCUT2D eigenvalue weighted by atomic mass is 16.3. The zero-order valence-corrected chi connectivity index (χ0v) is 13.5. The molecule has 2 aromatic rings. The number of aromatic hydroxyl groups is 1. The second-order valence-corrected chi connectivity index (χ2v) is 5.21. The molecule has 0 fully saturated rings. The molecule has 0 spiro atoms. The summed E-state index contributed by atoms with van der Waals surface area (Å²) in [5, 5.41) is 18.3. The Morgan fingerprint density at radius 1 is 1.29 bits per heavy atom. The van der Waals surface area contributed by atoms with Crippen LogP contribution in [0, 0.1) is 0 Å². The summed E-state index contributed by atoms with van der Waals surface area (Å²) in [6.45, 7) is 5.58. The van der Waals surface area contributed by atoms with Gasteiger partial charge in [-0.15, -0.1) is 6.58 Å². The molecule has 0 aliphatic rings. The van der Waals surface area contributed by atoms with Gasteiger partial charge in [-0.2, -0.15) is 0 Å². The Hall–Kier alpha value is -3.09. The van der Waals surface area contributed by atoms with Gasteiger partial charge in [-0.25, -0.2) is 0 Å². The molecule has 126 valence electrons. The Bertz CT molecular complexity index is 850. The van der Waals surface area contributed by atoms with Crippen molar-refractivity contribution >= 4 is 23.0 Å². The van der Waals surface area contributed by atoms with E-state index >= 15 is 0 Å². The van der Waals surface area contributed by atoms with Crippen LogP contribution in [-0.4, -0.2) is 24.1 Å². The second-order valence-electron chi connectivity index (χ2n) is 5.21. The number of nitrogens with one attached hydrogen (secondary N) is 3. The Kier molecular flexibility index (Phi) is 5.03. The molecule has 7 heteroatoms. The summed E-state index contributed by atoms with van der Waals surface area (Å²) in [5.41, 5.74) is -0.867. The smallest absolute Gasteiger partial charge is 0.254 e. The second kappa shape index (κ2) is 6.99. The number of para-hydroxylation sites is 1. The van der Waals surface area contributed by atoms with Gasteiger partial charge in [0.2, 0.25) is 0 Å². The molecule has 1 amide bonds. The molecule has 4 N–H and O–H groups in total. The first-order chi connectivity index (χ1) is 11.4. The average Bonchev–Trinajstić information content (AvgIpc) is 2.61. The van der Waals surface area contributed by atoms with Gasteiger partial charge < -0.3 is 21.1 Å². The maximum atomic E-state index is 11.8. The number of rotatable bonds is 7. The van der Waals surface area contributed by atoms with Gasteiger partial charge in [0.15, 0.2) is 5.75 Å². The number of anilines is 3. The van der Waals surface area contributed by atoms with Crippen LogP contribution in [0.1, 0.15) is 23.7 Å². The maximum absolute atomic E-state index is 11.8. The monoisotopic (exact) mass is 329 g/mol. The van der Waals surface area contributed by atoms with Crippen molar-refractivity contribution in [3.8, 4) is 5.75 Å². The van der Waals surface area contributed by atoms with Gasteiger partial charge in [-0.1, -0.05) is 19.1 Å². The van der Waals surface area contributed by atoms with Crippen molar-refractivity contribution in [3.05, 3.63) is 56.9 Å². The molecule has 0 saturated carbocycles. The SMILES string of the molecule is C=CC(CC)Nc1c(Nc2cccc(C(=O)NC)c2O)c(=O)c1=O. The lowest BCUT2D eigenvalue weighted by molar-refractivity contribution is 0.0960. The lowest BCUT2D eigenvalue weighted by atomic mass is 10.1. The van der Waals surface area contributed by atoms with Crippen LogP contribution in [0.4, 0.5) is 17.1 Å². The zero-order chi connectivity index (χ0) is 17.9. The van der Waals surface area contributed by atoms with E-state index in [1.54, 1.807) is 12.1 Å². The highest BCUT2D eigenvalue weighted by molar-refractivity contribution is 5.99. The Morgan fingerprint density at radius 2 is 1.96 bits per heavy atom. The van der Waals surface area contributed by atoms with E-state index in [1.165, 1.54) is 19.2 Å². The van der Waals surface area contributed by atoms with E-state index in [9.17, 15) is 19.5 Å². The van der Waals surface area contributed by atoms with E-state index in [-0.39, 0.29) is 34.4 Å². The summed E-state index contributed by atoms with van der Waals surface area (Å²) in [7, 11) is 1.45. The summed E-state index contributed by atoms with van der Waals surface area (Å²) in [4.78, 5) is 35.3. The molecule has 0 saturated heterocycles.